The van der Waals surface area contributed by atoms with Crippen LogP contribution in [0.15, 0.2) is 24.3 Å². The zero-order chi connectivity index (χ0) is 17.3. The van der Waals surface area contributed by atoms with Gasteiger partial charge in [-0.3, -0.25) is 4.79 Å². The van der Waals surface area contributed by atoms with Crippen molar-refractivity contribution in [1.29, 1.82) is 0 Å². The fourth-order valence-electron chi connectivity index (χ4n) is 2.96. The maximum atomic E-state index is 12.6. The summed E-state index contributed by atoms with van der Waals surface area (Å²) >= 11 is 0. The lowest BCUT2D eigenvalue weighted by Gasteiger charge is -2.24. The Balaban J connectivity index is 0.00000288. The topological polar surface area (TPSA) is 46.3 Å². The maximum Gasteiger partial charge on any atom is 0.416 e. The first-order valence-corrected chi connectivity index (χ1v) is 7.80. The van der Waals surface area contributed by atoms with Crippen molar-refractivity contribution in [2.45, 2.75) is 32.9 Å². The molecule has 2 N–H and O–H groups in total. The van der Waals surface area contributed by atoms with Crippen molar-refractivity contribution in [2.24, 2.45) is 17.1 Å². The van der Waals surface area contributed by atoms with Gasteiger partial charge in [0, 0.05) is 19.0 Å². The van der Waals surface area contributed by atoms with Crippen molar-refractivity contribution in [1.82, 2.24) is 4.90 Å². The number of nitrogens with two attached hydrogens (primary N) is 1. The van der Waals surface area contributed by atoms with Crippen molar-refractivity contribution < 1.29 is 18.0 Å². The second-order valence-corrected chi connectivity index (χ2v) is 6.82. The summed E-state index contributed by atoms with van der Waals surface area (Å²) in [7, 11) is 0. The Morgan fingerprint density at radius 3 is 2.38 bits per heavy atom. The van der Waals surface area contributed by atoms with Gasteiger partial charge in [0.05, 0.1) is 5.56 Å². The molecule has 1 saturated heterocycles. The van der Waals surface area contributed by atoms with E-state index in [0.717, 1.165) is 24.1 Å². The lowest BCUT2D eigenvalue weighted by atomic mass is 9.90. The molecule has 1 aromatic carbocycles. The van der Waals surface area contributed by atoms with Crippen LogP contribution in [0, 0.1) is 11.3 Å². The number of hydrogen-bond donors (Lipinski definition) is 1. The molecular formula is C17H24ClF3N2O. The molecule has 7 heteroatoms. The van der Waals surface area contributed by atoms with Gasteiger partial charge in [-0.1, -0.05) is 26.0 Å². The van der Waals surface area contributed by atoms with Crippen molar-refractivity contribution in [3.8, 4) is 0 Å². The van der Waals surface area contributed by atoms with Crippen LogP contribution in [0.3, 0.4) is 0 Å². The van der Waals surface area contributed by atoms with Crippen molar-refractivity contribution in [3.63, 3.8) is 0 Å². The zero-order valence-corrected chi connectivity index (χ0v) is 14.7. The average Bonchev–Trinajstić information content (AvgIpc) is 2.89. The molecule has 1 heterocycles. The van der Waals surface area contributed by atoms with Crippen LogP contribution in [0.25, 0.3) is 0 Å². The summed E-state index contributed by atoms with van der Waals surface area (Å²) in [6, 6.07) is 5.02. The van der Waals surface area contributed by atoms with E-state index in [1.54, 1.807) is 0 Å². The third kappa shape index (κ3) is 4.86. The molecule has 2 rings (SSSR count). The summed E-state index contributed by atoms with van der Waals surface area (Å²) < 4.78 is 37.7. The smallest absolute Gasteiger partial charge is 0.342 e. The standard InChI is InChI=1S/C17H23F3N2O.ClH/c1-12(15(23)22-8-7-16(2,10-21)11-22)9-13-3-5-14(6-4-13)17(18,19)20;/h3-6,12H,7-11,21H2,1-2H3;1H. The zero-order valence-electron chi connectivity index (χ0n) is 13.9. The molecule has 1 aliphatic heterocycles. The molecule has 2 unspecified atom stereocenters. The molecule has 0 aliphatic carbocycles. The number of likely N-dealkylation sites (tertiary alicyclic amines) is 1. The number of carbonyl (C=O) groups is 1. The first-order chi connectivity index (χ1) is 10.6. The minimum absolute atomic E-state index is 0. The van der Waals surface area contributed by atoms with Crippen LogP contribution < -0.4 is 5.73 Å². The molecule has 0 aromatic heterocycles. The number of hydrogen-bond acceptors (Lipinski definition) is 2. The van der Waals surface area contributed by atoms with E-state index < -0.39 is 11.7 Å². The van der Waals surface area contributed by atoms with Crippen LogP contribution in [0.5, 0.6) is 0 Å². The Morgan fingerprint density at radius 2 is 1.92 bits per heavy atom. The lowest BCUT2D eigenvalue weighted by molar-refractivity contribution is -0.137. The van der Waals surface area contributed by atoms with Crippen LogP contribution in [0.2, 0.25) is 0 Å². The van der Waals surface area contributed by atoms with E-state index in [1.165, 1.54) is 12.1 Å². The van der Waals surface area contributed by atoms with Gasteiger partial charge in [0.2, 0.25) is 5.91 Å². The van der Waals surface area contributed by atoms with Crippen LogP contribution in [-0.4, -0.2) is 30.4 Å². The SMILES string of the molecule is CC(Cc1ccc(C(F)(F)F)cc1)C(=O)N1CCC(C)(CN)C1.Cl. The number of alkyl halides is 3. The van der Waals surface area contributed by atoms with E-state index in [2.05, 4.69) is 6.92 Å². The Morgan fingerprint density at radius 1 is 1.33 bits per heavy atom. The fourth-order valence-corrected chi connectivity index (χ4v) is 2.96. The van der Waals surface area contributed by atoms with Crippen LogP contribution in [0.1, 0.15) is 31.4 Å². The third-order valence-electron chi connectivity index (χ3n) is 4.61. The number of benzene rings is 1. The summed E-state index contributed by atoms with van der Waals surface area (Å²) in [5.41, 5.74) is 5.79. The molecule has 3 nitrogen and oxygen atoms in total. The Bertz CT molecular complexity index is 562. The molecule has 1 amide bonds. The highest BCUT2D eigenvalue weighted by molar-refractivity contribution is 5.85. The van der Waals surface area contributed by atoms with Crippen LogP contribution in [0.4, 0.5) is 13.2 Å². The second kappa shape index (κ2) is 7.74. The summed E-state index contributed by atoms with van der Waals surface area (Å²) in [5.74, 6) is -0.214. The monoisotopic (exact) mass is 364 g/mol. The van der Waals surface area contributed by atoms with Gasteiger partial charge in [-0.25, -0.2) is 0 Å². The van der Waals surface area contributed by atoms with Crippen LogP contribution >= 0.6 is 12.4 Å². The third-order valence-corrected chi connectivity index (χ3v) is 4.61. The van der Waals surface area contributed by atoms with Gasteiger partial charge in [-0.15, -0.1) is 12.4 Å². The van der Waals surface area contributed by atoms with Gasteiger partial charge in [-0.2, -0.15) is 13.2 Å². The lowest BCUT2D eigenvalue weighted by Crippen LogP contribution is -2.37. The van der Waals surface area contributed by atoms with Crippen molar-refractivity contribution in [2.75, 3.05) is 19.6 Å². The van der Waals surface area contributed by atoms with E-state index in [-0.39, 0.29) is 29.6 Å². The Labute approximate surface area is 146 Å². The highest BCUT2D eigenvalue weighted by Gasteiger charge is 2.36. The highest BCUT2D eigenvalue weighted by atomic mass is 35.5. The summed E-state index contributed by atoms with van der Waals surface area (Å²) in [5, 5.41) is 0. The Kier molecular flexibility index (Phi) is 6.70. The minimum atomic E-state index is -4.33. The first-order valence-electron chi connectivity index (χ1n) is 7.80. The van der Waals surface area contributed by atoms with Gasteiger partial charge in [0.1, 0.15) is 0 Å². The minimum Gasteiger partial charge on any atom is -0.342 e. The largest absolute Gasteiger partial charge is 0.416 e. The summed E-state index contributed by atoms with van der Waals surface area (Å²) in [6.45, 7) is 5.78. The van der Waals surface area contributed by atoms with E-state index in [1.807, 2.05) is 11.8 Å². The maximum absolute atomic E-state index is 12.6. The van der Waals surface area contributed by atoms with E-state index in [0.29, 0.717) is 26.1 Å². The molecule has 0 spiro atoms. The predicted octanol–water partition coefficient (Wildman–Crippen LogP) is 3.50. The summed E-state index contributed by atoms with van der Waals surface area (Å²) in [6.07, 6.45) is -3.00. The number of carbonyl (C=O) groups excluding carboxylic acids is 1. The molecule has 2 atom stereocenters. The molecular weight excluding hydrogens is 341 g/mol. The Hall–Kier alpha value is -1.27. The number of amides is 1. The summed E-state index contributed by atoms with van der Waals surface area (Å²) in [4.78, 5) is 14.3. The van der Waals surface area contributed by atoms with E-state index >= 15 is 0 Å². The first kappa shape index (κ1) is 20.8. The van der Waals surface area contributed by atoms with Gasteiger partial charge in [0.15, 0.2) is 0 Å². The van der Waals surface area contributed by atoms with Gasteiger partial charge in [0.25, 0.3) is 0 Å². The number of rotatable bonds is 4. The number of nitrogens with zero attached hydrogens (tertiary/aromatic N) is 1. The normalized spacial score (nSPS) is 22.2. The molecule has 0 saturated carbocycles. The van der Waals surface area contributed by atoms with Crippen LogP contribution in [-0.2, 0) is 17.4 Å². The fraction of sp³-hybridized carbons (Fsp3) is 0.588. The van der Waals surface area contributed by atoms with Gasteiger partial charge >= 0.3 is 6.18 Å². The molecule has 1 aliphatic rings. The highest BCUT2D eigenvalue weighted by Crippen LogP contribution is 2.31. The molecule has 0 radical (unpaired) electrons. The second-order valence-electron chi connectivity index (χ2n) is 6.82. The van der Waals surface area contributed by atoms with Crippen molar-refractivity contribution in [3.05, 3.63) is 35.4 Å². The average molecular weight is 365 g/mol. The molecule has 0 bridgehead atoms. The quantitative estimate of drug-likeness (QED) is 0.888. The van der Waals surface area contributed by atoms with E-state index in [9.17, 15) is 18.0 Å². The molecule has 1 fully saturated rings. The molecule has 1 aromatic rings. The van der Waals surface area contributed by atoms with E-state index in [4.69, 9.17) is 5.73 Å². The molecule has 24 heavy (non-hydrogen) atoms. The van der Waals surface area contributed by atoms with Crippen molar-refractivity contribution >= 4 is 18.3 Å². The van der Waals surface area contributed by atoms with Gasteiger partial charge in [-0.05, 0) is 42.5 Å². The molecule has 136 valence electrons. The predicted molar refractivity (Wildman–Crippen MR) is 89.9 cm³/mol. The number of halogens is 4. The van der Waals surface area contributed by atoms with Gasteiger partial charge < -0.3 is 10.6 Å².